The Balaban J connectivity index is 2.17. The van der Waals surface area contributed by atoms with Gasteiger partial charge in [0, 0.05) is 11.1 Å². The average Bonchev–Trinajstić information content (AvgIpc) is 2.59. The van der Waals surface area contributed by atoms with Crippen molar-refractivity contribution in [2.45, 2.75) is 13.3 Å². The lowest BCUT2D eigenvalue weighted by Gasteiger charge is -2.09. The van der Waals surface area contributed by atoms with Gasteiger partial charge in [0.2, 0.25) is 0 Å². The topological polar surface area (TPSA) is 30.8 Å². The molecule has 0 N–H and O–H groups in total. The summed E-state index contributed by atoms with van der Waals surface area (Å²) in [5.74, 6) is 0.822. The Labute approximate surface area is 131 Å². The highest BCUT2D eigenvalue weighted by Gasteiger charge is 2.08. The molecule has 2 aromatic rings. The molecule has 114 valence electrons. The smallest absolute Gasteiger partial charge is 0.119 e. The van der Waals surface area contributed by atoms with Crippen LogP contribution in [0.15, 0.2) is 71.9 Å². The molecule has 2 rings (SSSR count). The van der Waals surface area contributed by atoms with E-state index in [2.05, 4.69) is 18.7 Å². The van der Waals surface area contributed by atoms with Gasteiger partial charge in [0.1, 0.15) is 25.2 Å². The predicted molar refractivity (Wildman–Crippen MR) is 90.5 cm³/mol. The second-order valence-electron chi connectivity index (χ2n) is 4.91. The number of nitrogens with zero attached hydrogens (tertiary/aromatic N) is 1. The molecule has 0 saturated heterocycles. The van der Waals surface area contributed by atoms with Crippen molar-refractivity contribution < 1.29 is 9.57 Å². The van der Waals surface area contributed by atoms with E-state index in [0.29, 0.717) is 6.61 Å². The van der Waals surface area contributed by atoms with E-state index in [-0.39, 0.29) is 0 Å². The fourth-order valence-corrected chi connectivity index (χ4v) is 1.96. The average molecular weight is 295 g/mol. The second kappa shape index (κ2) is 8.03. The predicted octanol–water partition coefficient (Wildman–Crippen LogP) is 4.43. The minimum absolute atomic E-state index is 0.549. The van der Waals surface area contributed by atoms with Crippen molar-refractivity contribution in [3.05, 3.63) is 77.9 Å². The summed E-state index contributed by atoms with van der Waals surface area (Å²) in [6, 6.07) is 17.8. The summed E-state index contributed by atoms with van der Waals surface area (Å²) >= 11 is 0. The first-order valence-electron chi connectivity index (χ1n) is 7.31. The standard InChI is InChI=1S/C19H21NO2/c1-4-15(2)14-22-18-12-10-17(11-13-18)19(20-21-3)16-8-6-5-7-9-16/h5-13H,2,4,14H2,1,3H3/b20-19+. The number of hydrogen-bond acceptors (Lipinski definition) is 3. The summed E-state index contributed by atoms with van der Waals surface area (Å²) in [6.07, 6.45) is 0.927. The van der Waals surface area contributed by atoms with E-state index in [9.17, 15) is 0 Å². The lowest BCUT2D eigenvalue weighted by Crippen LogP contribution is -2.04. The summed E-state index contributed by atoms with van der Waals surface area (Å²) < 4.78 is 5.69. The van der Waals surface area contributed by atoms with Gasteiger partial charge in [0.05, 0.1) is 0 Å². The van der Waals surface area contributed by atoms with Crippen LogP contribution in [0.5, 0.6) is 5.75 Å². The van der Waals surface area contributed by atoms with E-state index in [0.717, 1.165) is 34.6 Å². The highest BCUT2D eigenvalue weighted by molar-refractivity contribution is 6.12. The Morgan fingerprint density at radius 1 is 1.00 bits per heavy atom. The molecule has 0 radical (unpaired) electrons. The molecule has 0 spiro atoms. The van der Waals surface area contributed by atoms with Crippen LogP contribution in [0.1, 0.15) is 24.5 Å². The number of ether oxygens (including phenoxy) is 1. The van der Waals surface area contributed by atoms with E-state index in [1.807, 2.05) is 54.6 Å². The monoisotopic (exact) mass is 295 g/mol. The third kappa shape index (κ3) is 4.22. The van der Waals surface area contributed by atoms with Crippen LogP contribution in [0.25, 0.3) is 0 Å². The molecule has 0 aliphatic heterocycles. The van der Waals surface area contributed by atoms with Gasteiger partial charge >= 0.3 is 0 Å². The third-order valence-corrected chi connectivity index (χ3v) is 3.30. The molecule has 0 heterocycles. The largest absolute Gasteiger partial charge is 0.489 e. The Morgan fingerprint density at radius 2 is 1.64 bits per heavy atom. The van der Waals surface area contributed by atoms with Gasteiger partial charge < -0.3 is 9.57 Å². The Kier molecular flexibility index (Phi) is 5.78. The molecular weight excluding hydrogens is 274 g/mol. The molecule has 0 aliphatic carbocycles. The second-order valence-corrected chi connectivity index (χ2v) is 4.91. The van der Waals surface area contributed by atoms with Gasteiger partial charge in [-0.2, -0.15) is 0 Å². The molecule has 0 atom stereocenters. The van der Waals surface area contributed by atoms with Crippen LogP contribution >= 0.6 is 0 Å². The van der Waals surface area contributed by atoms with Crippen LogP contribution in [0.4, 0.5) is 0 Å². The van der Waals surface area contributed by atoms with Crippen molar-refractivity contribution >= 4 is 5.71 Å². The number of oxime groups is 1. The van der Waals surface area contributed by atoms with Gasteiger partial charge in [-0.15, -0.1) is 0 Å². The minimum atomic E-state index is 0.549. The lowest BCUT2D eigenvalue weighted by atomic mass is 10.0. The first-order chi connectivity index (χ1) is 10.7. The van der Waals surface area contributed by atoms with E-state index in [1.54, 1.807) is 7.11 Å². The molecule has 22 heavy (non-hydrogen) atoms. The summed E-state index contributed by atoms with van der Waals surface area (Å²) in [6.45, 7) is 6.56. The molecular formula is C19H21NO2. The number of rotatable bonds is 7. The highest BCUT2D eigenvalue weighted by atomic mass is 16.6. The van der Waals surface area contributed by atoms with E-state index >= 15 is 0 Å². The Morgan fingerprint density at radius 3 is 2.23 bits per heavy atom. The molecule has 0 saturated carbocycles. The fourth-order valence-electron chi connectivity index (χ4n) is 1.96. The molecule has 2 aromatic carbocycles. The Bertz CT molecular complexity index is 630. The lowest BCUT2D eigenvalue weighted by molar-refractivity contribution is 0.214. The van der Waals surface area contributed by atoms with Gasteiger partial charge in [-0.1, -0.05) is 49.0 Å². The van der Waals surface area contributed by atoms with E-state index < -0.39 is 0 Å². The normalized spacial score (nSPS) is 11.1. The minimum Gasteiger partial charge on any atom is -0.489 e. The molecule has 0 fully saturated rings. The number of hydrogen-bond donors (Lipinski definition) is 0. The maximum absolute atomic E-state index is 5.69. The van der Waals surface area contributed by atoms with Crippen molar-refractivity contribution in [1.82, 2.24) is 0 Å². The first kappa shape index (κ1) is 15.8. The highest BCUT2D eigenvalue weighted by Crippen LogP contribution is 2.17. The maximum atomic E-state index is 5.69. The van der Waals surface area contributed by atoms with Gasteiger partial charge in [-0.25, -0.2) is 0 Å². The molecule has 0 unspecified atom stereocenters. The molecule has 3 nitrogen and oxygen atoms in total. The number of benzene rings is 2. The van der Waals surface area contributed by atoms with Gasteiger partial charge in [0.25, 0.3) is 0 Å². The van der Waals surface area contributed by atoms with Crippen molar-refractivity contribution in [2.75, 3.05) is 13.7 Å². The van der Waals surface area contributed by atoms with E-state index in [4.69, 9.17) is 9.57 Å². The van der Waals surface area contributed by atoms with Crippen LogP contribution in [-0.2, 0) is 4.84 Å². The SMILES string of the molecule is C=C(CC)COc1ccc(/C(=N/OC)c2ccccc2)cc1. The quantitative estimate of drug-likeness (QED) is 0.430. The van der Waals surface area contributed by atoms with Crippen LogP contribution in [0.2, 0.25) is 0 Å². The maximum Gasteiger partial charge on any atom is 0.119 e. The van der Waals surface area contributed by atoms with Crippen LogP contribution in [0, 0.1) is 0 Å². The third-order valence-electron chi connectivity index (χ3n) is 3.30. The zero-order chi connectivity index (χ0) is 15.8. The molecule has 3 heteroatoms. The van der Waals surface area contributed by atoms with Crippen molar-refractivity contribution in [2.24, 2.45) is 5.16 Å². The van der Waals surface area contributed by atoms with Crippen LogP contribution < -0.4 is 4.74 Å². The zero-order valence-corrected chi connectivity index (χ0v) is 13.1. The van der Waals surface area contributed by atoms with Crippen LogP contribution in [-0.4, -0.2) is 19.4 Å². The zero-order valence-electron chi connectivity index (χ0n) is 13.1. The molecule has 0 amide bonds. The Hall–Kier alpha value is -2.55. The van der Waals surface area contributed by atoms with Gasteiger partial charge in [-0.05, 0) is 36.3 Å². The summed E-state index contributed by atoms with van der Waals surface area (Å²) in [4.78, 5) is 4.98. The summed E-state index contributed by atoms with van der Waals surface area (Å²) in [5, 5.41) is 4.14. The summed E-state index contributed by atoms with van der Waals surface area (Å²) in [7, 11) is 1.55. The molecule has 0 aliphatic rings. The van der Waals surface area contributed by atoms with Gasteiger partial charge in [-0.3, -0.25) is 0 Å². The van der Waals surface area contributed by atoms with Crippen molar-refractivity contribution in [1.29, 1.82) is 0 Å². The fraction of sp³-hybridized carbons (Fsp3) is 0.211. The van der Waals surface area contributed by atoms with E-state index in [1.165, 1.54) is 0 Å². The van der Waals surface area contributed by atoms with Crippen molar-refractivity contribution in [3.8, 4) is 5.75 Å². The molecule has 0 aromatic heterocycles. The van der Waals surface area contributed by atoms with Crippen LogP contribution in [0.3, 0.4) is 0 Å². The van der Waals surface area contributed by atoms with Crippen molar-refractivity contribution in [3.63, 3.8) is 0 Å². The van der Waals surface area contributed by atoms with Gasteiger partial charge in [0.15, 0.2) is 0 Å². The first-order valence-corrected chi connectivity index (χ1v) is 7.31. The molecule has 0 bridgehead atoms. The summed E-state index contributed by atoms with van der Waals surface area (Å²) in [5.41, 5.74) is 3.87.